The lowest BCUT2D eigenvalue weighted by atomic mass is 10.1. The van der Waals surface area contributed by atoms with E-state index in [-0.39, 0.29) is 5.38 Å². The molecule has 1 aromatic heterocycles. The van der Waals surface area contributed by atoms with Gasteiger partial charge in [-0.1, -0.05) is 0 Å². The molecule has 0 radical (unpaired) electrons. The normalized spacial score (nSPS) is 15.0. The van der Waals surface area contributed by atoms with Gasteiger partial charge in [0.1, 0.15) is 19.0 Å². The van der Waals surface area contributed by atoms with Crippen LogP contribution in [-0.2, 0) is 0 Å². The molecule has 2 heterocycles. The molecule has 0 N–H and O–H groups in total. The van der Waals surface area contributed by atoms with Crippen molar-refractivity contribution in [2.45, 2.75) is 18.7 Å². The Morgan fingerprint density at radius 2 is 2.00 bits per heavy atom. The number of rotatable bonds is 4. The molecule has 4 nitrogen and oxygen atoms in total. The fourth-order valence-electron chi connectivity index (χ4n) is 2.48. The van der Waals surface area contributed by atoms with E-state index < -0.39 is 0 Å². The third-order valence-electron chi connectivity index (χ3n) is 3.63. The number of fused-ring (bicyclic) bond motifs is 2. The van der Waals surface area contributed by atoms with Crippen LogP contribution in [0.2, 0.25) is 0 Å². The van der Waals surface area contributed by atoms with Crippen molar-refractivity contribution in [2.24, 2.45) is 0 Å². The highest BCUT2D eigenvalue weighted by molar-refractivity contribution is 6.20. The van der Waals surface area contributed by atoms with E-state index in [0.717, 1.165) is 41.1 Å². The van der Waals surface area contributed by atoms with E-state index in [1.807, 2.05) is 38.4 Å². The number of hydrogen-bond acceptors (Lipinski definition) is 4. The summed E-state index contributed by atoms with van der Waals surface area (Å²) in [7, 11) is 2.04. The molecule has 1 atom stereocenters. The van der Waals surface area contributed by atoms with Crippen molar-refractivity contribution in [1.29, 1.82) is 0 Å². The van der Waals surface area contributed by atoms with Crippen molar-refractivity contribution in [3.8, 4) is 11.5 Å². The van der Waals surface area contributed by atoms with E-state index >= 15 is 0 Å². The molecule has 1 aliphatic heterocycles. The molecular weight excluding hydrogens is 288 g/mol. The zero-order valence-electron chi connectivity index (χ0n) is 12.3. The summed E-state index contributed by atoms with van der Waals surface area (Å²) >= 11 is 6.04. The molecule has 21 heavy (non-hydrogen) atoms. The summed E-state index contributed by atoms with van der Waals surface area (Å²) in [5.41, 5.74) is 0. The number of aromatic nitrogens is 1. The van der Waals surface area contributed by atoms with Crippen LogP contribution in [0.5, 0.6) is 11.5 Å². The second-order valence-electron chi connectivity index (χ2n) is 5.34. The molecule has 1 aromatic carbocycles. The molecule has 0 saturated carbocycles. The topological polar surface area (TPSA) is 34.6 Å². The maximum atomic E-state index is 6.04. The molecular formula is C16H19ClN2O2. The van der Waals surface area contributed by atoms with Crippen LogP contribution in [0.25, 0.3) is 10.8 Å². The van der Waals surface area contributed by atoms with Crippen molar-refractivity contribution in [1.82, 2.24) is 4.98 Å². The zero-order chi connectivity index (χ0) is 14.8. The van der Waals surface area contributed by atoms with Gasteiger partial charge in [0, 0.05) is 30.6 Å². The van der Waals surface area contributed by atoms with Crippen LogP contribution in [0.15, 0.2) is 24.4 Å². The molecule has 0 aliphatic carbocycles. The Morgan fingerprint density at radius 1 is 1.29 bits per heavy atom. The summed E-state index contributed by atoms with van der Waals surface area (Å²) < 4.78 is 11.3. The van der Waals surface area contributed by atoms with E-state index in [0.29, 0.717) is 13.2 Å². The summed E-state index contributed by atoms with van der Waals surface area (Å²) in [4.78, 5) is 6.66. The smallest absolute Gasteiger partial charge is 0.162 e. The van der Waals surface area contributed by atoms with Crippen LogP contribution in [0, 0.1) is 0 Å². The summed E-state index contributed by atoms with van der Waals surface area (Å²) in [6.07, 6.45) is 2.75. The second kappa shape index (κ2) is 5.98. The Kier molecular flexibility index (Phi) is 4.06. The molecule has 0 fully saturated rings. The SMILES string of the molecule is CC(Cl)CCN(C)c1nccc2cc3c(cc12)OCCO3. The molecule has 1 unspecified atom stereocenters. The maximum Gasteiger partial charge on any atom is 0.162 e. The lowest BCUT2D eigenvalue weighted by Crippen LogP contribution is -2.22. The first-order valence-corrected chi connectivity index (χ1v) is 7.62. The van der Waals surface area contributed by atoms with Gasteiger partial charge in [0.25, 0.3) is 0 Å². The number of nitrogens with zero attached hydrogens (tertiary/aromatic N) is 2. The van der Waals surface area contributed by atoms with Crippen molar-refractivity contribution >= 4 is 28.2 Å². The third kappa shape index (κ3) is 3.00. The maximum absolute atomic E-state index is 6.04. The summed E-state index contributed by atoms with van der Waals surface area (Å²) in [6.45, 7) is 4.07. The molecule has 1 aliphatic rings. The predicted molar refractivity (Wildman–Crippen MR) is 85.9 cm³/mol. The van der Waals surface area contributed by atoms with Gasteiger partial charge in [-0.05, 0) is 36.9 Å². The number of hydrogen-bond donors (Lipinski definition) is 0. The van der Waals surface area contributed by atoms with Crippen LogP contribution in [-0.4, -0.2) is 37.2 Å². The number of alkyl halides is 1. The second-order valence-corrected chi connectivity index (χ2v) is 6.09. The van der Waals surface area contributed by atoms with Crippen LogP contribution in [0.3, 0.4) is 0 Å². The minimum atomic E-state index is 0.159. The van der Waals surface area contributed by atoms with Crippen LogP contribution < -0.4 is 14.4 Å². The van der Waals surface area contributed by atoms with E-state index in [9.17, 15) is 0 Å². The average molecular weight is 307 g/mol. The lowest BCUT2D eigenvalue weighted by molar-refractivity contribution is 0.172. The zero-order valence-corrected chi connectivity index (χ0v) is 13.1. The Bertz CT molecular complexity index is 645. The van der Waals surface area contributed by atoms with E-state index in [1.165, 1.54) is 0 Å². The van der Waals surface area contributed by atoms with Crippen LogP contribution >= 0.6 is 11.6 Å². The molecule has 0 amide bonds. The Morgan fingerprint density at radius 3 is 2.71 bits per heavy atom. The first-order valence-electron chi connectivity index (χ1n) is 7.18. The van der Waals surface area contributed by atoms with Gasteiger partial charge in [-0.25, -0.2) is 4.98 Å². The largest absolute Gasteiger partial charge is 0.486 e. The number of anilines is 1. The quantitative estimate of drug-likeness (QED) is 0.810. The standard InChI is InChI=1S/C16H19ClN2O2/c1-11(17)4-6-19(2)16-13-10-15-14(20-7-8-21-15)9-12(13)3-5-18-16/h3,5,9-11H,4,6-8H2,1-2H3. The highest BCUT2D eigenvalue weighted by atomic mass is 35.5. The molecule has 0 spiro atoms. The Hall–Kier alpha value is -1.68. The first kappa shape index (κ1) is 14.3. The number of benzene rings is 1. The van der Waals surface area contributed by atoms with Crippen LogP contribution in [0.1, 0.15) is 13.3 Å². The highest BCUT2D eigenvalue weighted by Gasteiger charge is 2.16. The molecule has 0 bridgehead atoms. The fourth-order valence-corrected chi connectivity index (χ4v) is 2.57. The van der Waals surface area contributed by atoms with Gasteiger partial charge in [0.2, 0.25) is 0 Å². The summed E-state index contributed by atoms with van der Waals surface area (Å²) in [6, 6.07) is 6.04. The number of pyridine rings is 1. The van der Waals surface area contributed by atoms with E-state index in [1.54, 1.807) is 0 Å². The molecule has 3 rings (SSSR count). The van der Waals surface area contributed by atoms with E-state index in [2.05, 4.69) is 9.88 Å². The minimum Gasteiger partial charge on any atom is -0.486 e. The Labute approximate surface area is 129 Å². The average Bonchev–Trinajstić information content (AvgIpc) is 2.50. The summed E-state index contributed by atoms with van der Waals surface area (Å²) in [5.74, 6) is 2.55. The fraction of sp³-hybridized carbons (Fsp3) is 0.438. The monoisotopic (exact) mass is 306 g/mol. The minimum absolute atomic E-state index is 0.159. The molecule has 0 saturated heterocycles. The van der Waals surface area contributed by atoms with Gasteiger partial charge in [-0.2, -0.15) is 0 Å². The summed E-state index contributed by atoms with van der Waals surface area (Å²) in [5, 5.41) is 2.34. The van der Waals surface area contributed by atoms with Gasteiger partial charge >= 0.3 is 0 Å². The van der Waals surface area contributed by atoms with Gasteiger partial charge in [0.05, 0.1) is 0 Å². The van der Waals surface area contributed by atoms with E-state index in [4.69, 9.17) is 21.1 Å². The van der Waals surface area contributed by atoms with Gasteiger partial charge in [0.15, 0.2) is 11.5 Å². The van der Waals surface area contributed by atoms with Gasteiger partial charge < -0.3 is 14.4 Å². The van der Waals surface area contributed by atoms with Crippen molar-refractivity contribution < 1.29 is 9.47 Å². The van der Waals surface area contributed by atoms with Crippen molar-refractivity contribution in [3.63, 3.8) is 0 Å². The van der Waals surface area contributed by atoms with Crippen LogP contribution in [0.4, 0.5) is 5.82 Å². The van der Waals surface area contributed by atoms with Crippen molar-refractivity contribution in [3.05, 3.63) is 24.4 Å². The van der Waals surface area contributed by atoms with Crippen molar-refractivity contribution in [2.75, 3.05) is 31.7 Å². The van der Waals surface area contributed by atoms with Gasteiger partial charge in [-0.15, -0.1) is 11.6 Å². The third-order valence-corrected chi connectivity index (χ3v) is 3.85. The predicted octanol–water partition coefficient (Wildman–Crippen LogP) is 3.46. The first-order chi connectivity index (χ1) is 10.1. The molecule has 5 heteroatoms. The Balaban J connectivity index is 1.98. The molecule has 2 aromatic rings. The highest BCUT2D eigenvalue weighted by Crippen LogP contribution is 2.37. The molecule has 112 valence electrons. The lowest BCUT2D eigenvalue weighted by Gasteiger charge is -2.23. The van der Waals surface area contributed by atoms with Gasteiger partial charge in [-0.3, -0.25) is 0 Å². The number of halogens is 1. The number of ether oxygens (including phenoxy) is 2.